The summed E-state index contributed by atoms with van der Waals surface area (Å²) >= 11 is 0. The molecule has 1 saturated heterocycles. The van der Waals surface area contributed by atoms with Crippen molar-refractivity contribution >= 4 is 5.91 Å². The number of aromatic amines is 1. The van der Waals surface area contributed by atoms with Crippen LogP contribution in [0.4, 0.5) is 0 Å². The van der Waals surface area contributed by atoms with Crippen LogP contribution in [0.5, 0.6) is 0 Å². The molecule has 0 aliphatic carbocycles. The zero-order chi connectivity index (χ0) is 13.2. The molecule has 1 atom stereocenters. The summed E-state index contributed by atoms with van der Waals surface area (Å²) in [6.07, 6.45) is 7.16. The van der Waals surface area contributed by atoms with E-state index in [1.807, 2.05) is 18.0 Å². The van der Waals surface area contributed by atoms with Crippen LogP contribution in [-0.4, -0.2) is 43.6 Å². The van der Waals surface area contributed by atoms with Crippen LogP contribution in [0.1, 0.15) is 34.9 Å². The number of H-pyrrole nitrogens is 1. The first-order valence-electron chi connectivity index (χ1n) is 6.50. The molecular formula is C13H17N5O. The molecule has 19 heavy (non-hydrogen) atoms. The van der Waals surface area contributed by atoms with E-state index < -0.39 is 0 Å². The van der Waals surface area contributed by atoms with Gasteiger partial charge in [0.1, 0.15) is 5.69 Å². The maximum absolute atomic E-state index is 12.4. The third-order valence-corrected chi connectivity index (χ3v) is 3.71. The standard InChI is InChI=1S/C13H17N5O/c1-17-9-14-7-12(17)13(19)18-6-2-3-10(8-18)11-4-5-15-16-11/h4-5,7,9-10H,2-3,6,8H2,1H3,(H,15,16). The van der Waals surface area contributed by atoms with Crippen molar-refractivity contribution in [2.75, 3.05) is 13.1 Å². The number of rotatable bonds is 2. The van der Waals surface area contributed by atoms with E-state index in [0.717, 1.165) is 31.6 Å². The lowest BCUT2D eigenvalue weighted by atomic mass is 9.95. The number of nitrogens with one attached hydrogen (secondary N) is 1. The molecule has 1 aliphatic rings. The molecule has 1 fully saturated rings. The molecule has 2 aromatic rings. The minimum atomic E-state index is 0.0595. The van der Waals surface area contributed by atoms with Gasteiger partial charge < -0.3 is 9.47 Å². The molecular weight excluding hydrogens is 242 g/mol. The predicted molar refractivity (Wildman–Crippen MR) is 69.7 cm³/mol. The number of hydrogen-bond donors (Lipinski definition) is 1. The molecule has 0 saturated carbocycles. The van der Waals surface area contributed by atoms with Gasteiger partial charge in [-0.15, -0.1) is 0 Å². The minimum absolute atomic E-state index is 0.0595. The van der Waals surface area contributed by atoms with Crippen molar-refractivity contribution in [2.45, 2.75) is 18.8 Å². The van der Waals surface area contributed by atoms with Crippen molar-refractivity contribution in [1.29, 1.82) is 0 Å². The highest BCUT2D eigenvalue weighted by atomic mass is 16.2. The number of piperidine rings is 1. The monoisotopic (exact) mass is 259 g/mol. The highest BCUT2D eigenvalue weighted by Crippen LogP contribution is 2.26. The van der Waals surface area contributed by atoms with Gasteiger partial charge in [-0.05, 0) is 18.9 Å². The Labute approximate surface area is 111 Å². The predicted octanol–water partition coefficient (Wildman–Crippen LogP) is 1.16. The van der Waals surface area contributed by atoms with Gasteiger partial charge in [-0.1, -0.05) is 0 Å². The molecule has 6 heteroatoms. The van der Waals surface area contributed by atoms with Gasteiger partial charge in [-0.25, -0.2) is 4.98 Å². The van der Waals surface area contributed by atoms with E-state index in [0.29, 0.717) is 11.6 Å². The molecule has 100 valence electrons. The number of likely N-dealkylation sites (tertiary alicyclic amines) is 1. The van der Waals surface area contributed by atoms with Gasteiger partial charge in [0.05, 0.1) is 12.5 Å². The molecule has 6 nitrogen and oxygen atoms in total. The lowest BCUT2D eigenvalue weighted by Gasteiger charge is -2.32. The topological polar surface area (TPSA) is 66.8 Å². The van der Waals surface area contributed by atoms with E-state index in [1.165, 1.54) is 0 Å². The lowest BCUT2D eigenvalue weighted by Crippen LogP contribution is -2.39. The first kappa shape index (κ1) is 12.0. The van der Waals surface area contributed by atoms with Crippen LogP contribution in [0.25, 0.3) is 0 Å². The summed E-state index contributed by atoms with van der Waals surface area (Å²) in [7, 11) is 1.84. The molecule has 0 spiro atoms. The third kappa shape index (κ3) is 2.25. The molecule has 1 aliphatic heterocycles. The molecule has 1 amide bonds. The molecule has 0 radical (unpaired) electrons. The Morgan fingerprint density at radius 2 is 2.42 bits per heavy atom. The smallest absolute Gasteiger partial charge is 0.272 e. The highest BCUT2D eigenvalue weighted by molar-refractivity contribution is 5.92. The average molecular weight is 259 g/mol. The average Bonchev–Trinajstić information content (AvgIpc) is 3.09. The largest absolute Gasteiger partial charge is 0.337 e. The summed E-state index contributed by atoms with van der Waals surface area (Å²) in [6, 6.07) is 1.99. The van der Waals surface area contributed by atoms with Gasteiger partial charge in [0, 0.05) is 37.9 Å². The number of aromatic nitrogens is 4. The fourth-order valence-corrected chi connectivity index (χ4v) is 2.63. The Morgan fingerprint density at radius 1 is 1.53 bits per heavy atom. The molecule has 1 unspecified atom stereocenters. The summed E-state index contributed by atoms with van der Waals surface area (Å²) in [5, 5.41) is 7.00. The van der Waals surface area contributed by atoms with Gasteiger partial charge in [0.2, 0.25) is 0 Å². The van der Waals surface area contributed by atoms with Crippen molar-refractivity contribution in [3.63, 3.8) is 0 Å². The van der Waals surface area contributed by atoms with Gasteiger partial charge >= 0.3 is 0 Å². The first-order chi connectivity index (χ1) is 9.25. The Kier molecular flexibility index (Phi) is 3.06. The van der Waals surface area contributed by atoms with Crippen LogP contribution >= 0.6 is 0 Å². The minimum Gasteiger partial charge on any atom is -0.337 e. The first-order valence-corrected chi connectivity index (χ1v) is 6.50. The quantitative estimate of drug-likeness (QED) is 0.880. The molecule has 0 bridgehead atoms. The van der Waals surface area contributed by atoms with E-state index in [2.05, 4.69) is 15.2 Å². The Bertz CT molecular complexity index is 559. The second-order valence-electron chi connectivity index (χ2n) is 4.99. The van der Waals surface area contributed by atoms with E-state index in [4.69, 9.17) is 0 Å². The normalized spacial score (nSPS) is 19.6. The number of carbonyl (C=O) groups excluding carboxylic acids is 1. The summed E-state index contributed by atoms with van der Waals surface area (Å²) in [6.45, 7) is 1.56. The van der Waals surface area contributed by atoms with Crippen LogP contribution in [0, 0.1) is 0 Å². The molecule has 1 N–H and O–H groups in total. The maximum Gasteiger partial charge on any atom is 0.272 e. The number of nitrogens with zero attached hydrogens (tertiary/aromatic N) is 4. The van der Waals surface area contributed by atoms with Crippen molar-refractivity contribution in [3.8, 4) is 0 Å². The van der Waals surface area contributed by atoms with Gasteiger partial charge in [-0.3, -0.25) is 9.89 Å². The molecule has 0 aromatic carbocycles. The molecule has 3 heterocycles. The van der Waals surface area contributed by atoms with E-state index in [1.54, 1.807) is 23.3 Å². The lowest BCUT2D eigenvalue weighted by molar-refractivity contribution is 0.0696. The third-order valence-electron chi connectivity index (χ3n) is 3.71. The summed E-state index contributed by atoms with van der Waals surface area (Å²) < 4.78 is 1.77. The Balaban J connectivity index is 1.75. The van der Waals surface area contributed by atoms with Crippen molar-refractivity contribution in [2.24, 2.45) is 7.05 Å². The van der Waals surface area contributed by atoms with Crippen LogP contribution in [-0.2, 0) is 7.05 Å². The number of hydrogen-bond acceptors (Lipinski definition) is 3. The number of aryl methyl sites for hydroxylation is 1. The fourth-order valence-electron chi connectivity index (χ4n) is 2.63. The second-order valence-corrected chi connectivity index (χ2v) is 4.99. The molecule has 3 rings (SSSR count). The van der Waals surface area contributed by atoms with Crippen molar-refractivity contribution < 1.29 is 4.79 Å². The number of imidazole rings is 1. The van der Waals surface area contributed by atoms with Gasteiger partial charge in [0.15, 0.2) is 0 Å². The SMILES string of the molecule is Cn1cncc1C(=O)N1CCCC(c2ccn[nH]2)C1. The number of carbonyl (C=O) groups is 1. The van der Waals surface area contributed by atoms with Crippen molar-refractivity contribution in [1.82, 2.24) is 24.6 Å². The fraction of sp³-hybridized carbons (Fsp3) is 0.462. The van der Waals surface area contributed by atoms with E-state index >= 15 is 0 Å². The zero-order valence-electron chi connectivity index (χ0n) is 10.9. The van der Waals surface area contributed by atoms with Crippen LogP contribution in [0.3, 0.4) is 0 Å². The van der Waals surface area contributed by atoms with E-state index in [9.17, 15) is 4.79 Å². The van der Waals surface area contributed by atoms with Gasteiger partial charge in [0.25, 0.3) is 5.91 Å². The van der Waals surface area contributed by atoms with Gasteiger partial charge in [-0.2, -0.15) is 5.10 Å². The second kappa shape index (κ2) is 4.87. The molecule has 2 aromatic heterocycles. The van der Waals surface area contributed by atoms with E-state index in [-0.39, 0.29) is 5.91 Å². The zero-order valence-corrected chi connectivity index (χ0v) is 10.9. The Hall–Kier alpha value is -2.11. The van der Waals surface area contributed by atoms with Crippen molar-refractivity contribution in [3.05, 3.63) is 36.2 Å². The van der Waals surface area contributed by atoms with Crippen LogP contribution < -0.4 is 0 Å². The maximum atomic E-state index is 12.4. The summed E-state index contributed by atoms with van der Waals surface area (Å²) in [5.41, 5.74) is 1.76. The van der Waals surface area contributed by atoms with Crippen LogP contribution in [0.2, 0.25) is 0 Å². The van der Waals surface area contributed by atoms with Crippen LogP contribution in [0.15, 0.2) is 24.8 Å². The summed E-state index contributed by atoms with van der Waals surface area (Å²) in [5.74, 6) is 0.414. The Morgan fingerprint density at radius 3 is 3.11 bits per heavy atom. The number of amides is 1. The highest BCUT2D eigenvalue weighted by Gasteiger charge is 2.27. The summed E-state index contributed by atoms with van der Waals surface area (Å²) in [4.78, 5) is 18.4.